The van der Waals surface area contributed by atoms with E-state index in [1.165, 1.54) is 0 Å². The summed E-state index contributed by atoms with van der Waals surface area (Å²) in [5.41, 5.74) is 8.73. The molecule has 0 aliphatic heterocycles. The second kappa shape index (κ2) is 4.39. The summed E-state index contributed by atoms with van der Waals surface area (Å²) in [6.07, 6.45) is 0. The Morgan fingerprint density at radius 2 is 2.12 bits per heavy atom. The van der Waals surface area contributed by atoms with Crippen LogP contribution in [0.25, 0.3) is 5.69 Å². The van der Waals surface area contributed by atoms with Crippen molar-refractivity contribution in [1.82, 2.24) is 9.78 Å². The molecule has 4 nitrogen and oxygen atoms in total. The van der Waals surface area contributed by atoms with E-state index in [4.69, 9.17) is 17.3 Å². The van der Waals surface area contributed by atoms with Crippen LogP contribution in [0.5, 0.6) is 0 Å². The number of nitrogens with zero attached hydrogens (tertiary/aromatic N) is 1. The van der Waals surface area contributed by atoms with Crippen molar-refractivity contribution in [2.75, 3.05) is 0 Å². The van der Waals surface area contributed by atoms with Gasteiger partial charge in [-0.2, -0.15) is 0 Å². The number of nitrogens with two attached hydrogens (primary N) is 1. The van der Waals surface area contributed by atoms with Crippen LogP contribution in [0, 0.1) is 13.8 Å². The first-order chi connectivity index (χ1) is 8.04. The summed E-state index contributed by atoms with van der Waals surface area (Å²) in [6.45, 7) is 4.06. The molecule has 1 heterocycles. The third-order valence-electron chi connectivity index (χ3n) is 2.88. The van der Waals surface area contributed by atoms with Gasteiger partial charge in [-0.25, -0.2) is 0 Å². The Kier molecular flexibility index (Phi) is 3.09. The zero-order chi connectivity index (χ0) is 12.6. The van der Waals surface area contributed by atoms with Crippen molar-refractivity contribution < 1.29 is 0 Å². The highest BCUT2D eigenvalue weighted by molar-refractivity contribution is 6.30. The van der Waals surface area contributed by atoms with Crippen molar-refractivity contribution >= 4 is 11.6 Å². The van der Waals surface area contributed by atoms with Crippen LogP contribution in [-0.2, 0) is 6.54 Å². The van der Waals surface area contributed by atoms with Crippen LogP contribution in [-0.4, -0.2) is 9.78 Å². The standard InChI is InChI=1S/C12H14ClN3O/c1-7-3-4-9(13)5-11(7)16-8(2)10(6-14)12(17)15-16/h3-5H,6,14H2,1-2H3,(H,15,17). The Hall–Kier alpha value is -1.52. The van der Waals surface area contributed by atoms with Gasteiger partial charge in [0, 0.05) is 17.3 Å². The van der Waals surface area contributed by atoms with Crippen LogP contribution in [0.2, 0.25) is 5.02 Å². The van der Waals surface area contributed by atoms with Gasteiger partial charge in [0.15, 0.2) is 0 Å². The quantitative estimate of drug-likeness (QED) is 0.856. The van der Waals surface area contributed by atoms with Crippen molar-refractivity contribution in [3.05, 3.63) is 50.4 Å². The van der Waals surface area contributed by atoms with Crippen LogP contribution in [0.4, 0.5) is 0 Å². The number of aryl methyl sites for hydroxylation is 1. The zero-order valence-electron chi connectivity index (χ0n) is 9.75. The molecule has 0 saturated carbocycles. The van der Waals surface area contributed by atoms with E-state index in [2.05, 4.69) is 5.10 Å². The molecule has 0 unspecified atom stereocenters. The Morgan fingerprint density at radius 1 is 1.41 bits per heavy atom. The molecular formula is C12H14ClN3O. The van der Waals surface area contributed by atoms with Gasteiger partial charge in [0.25, 0.3) is 5.56 Å². The summed E-state index contributed by atoms with van der Waals surface area (Å²) in [4.78, 5) is 11.7. The topological polar surface area (TPSA) is 63.8 Å². The summed E-state index contributed by atoms with van der Waals surface area (Å²) >= 11 is 5.97. The Bertz CT molecular complexity index is 613. The lowest BCUT2D eigenvalue weighted by Crippen LogP contribution is -2.10. The fourth-order valence-electron chi connectivity index (χ4n) is 1.86. The number of aromatic amines is 1. The molecule has 0 bridgehead atoms. The van der Waals surface area contributed by atoms with Crippen molar-refractivity contribution in [3.8, 4) is 5.69 Å². The van der Waals surface area contributed by atoms with Crippen molar-refractivity contribution in [3.63, 3.8) is 0 Å². The van der Waals surface area contributed by atoms with Crippen molar-refractivity contribution in [2.24, 2.45) is 5.73 Å². The second-order valence-corrected chi connectivity index (χ2v) is 4.41. The number of aromatic nitrogens is 2. The van der Waals surface area contributed by atoms with E-state index in [1.807, 2.05) is 32.0 Å². The number of H-pyrrole nitrogens is 1. The molecule has 0 radical (unpaired) electrons. The van der Waals surface area contributed by atoms with Gasteiger partial charge in [-0.05, 0) is 31.5 Å². The molecule has 0 atom stereocenters. The smallest absolute Gasteiger partial charge is 0.269 e. The molecule has 0 spiro atoms. The third-order valence-corrected chi connectivity index (χ3v) is 3.11. The molecule has 0 amide bonds. The second-order valence-electron chi connectivity index (χ2n) is 3.98. The van der Waals surface area contributed by atoms with E-state index in [1.54, 1.807) is 4.68 Å². The summed E-state index contributed by atoms with van der Waals surface area (Å²) in [7, 11) is 0. The SMILES string of the molecule is Cc1ccc(Cl)cc1-n1[nH]c(=O)c(CN)c1C. The maximum atomic E-state index is 11.7. The fraction of sp³-hybridized carbons (Fsp3) is 0.250. The van der Waals surface area contributed by atoms with Gasteiger partial charge in [0.1, 0.15) is 0 Å². The monoisotopic (exact) mass is 251 g/mol. The molecule has 3 N–H and O–H groups in total. The normalized spacial score (nSPS) is 10.8. The van der Waals surface area contributed by atoms with Gasteiger partial charge in [0.2, 0.25) is 0 Å². The van der Waals surface area contributed by atoms with Crippen LogP contribution >= 0.6 is 11.6 Å². The maximum Gasteiger partial charge on any atom is 0.269 e. The lowest BCUT2D eigenvalue weighted by Gasteiger charge is -2.09. The van der Waals surface area contributed by atoms with Crippen LogP contribution in [0.1, 0.15) is 16.8 Å². The van der Waals surface area contributed by atoms with Gasteiger partial charge in [-0.1, -0.05) is 17.7 Å². The number of benzene rings is 1. The van der Waals surface area contributed by atoms with Crippen LogP contribution < -0.4 is 11.3 Å². The molecule has 0 aliphatic rings. The maximum absolute atomic E-state index is 11.7. The number of hydrogen-bond donors (Lipinski definition) is 2. The van der Waals surface area contributed by atoms with E-state index >= 15 is 0 Å². The predicted molar refractivity (Wildman–Crippen MR) is 68.8 cm³/mol. The Labute approximate surface area is 104 Å². The van der Waals surface area contributed by atoms with E-state index in [0.717, 1.165) is 16.9 Å². The first-order valence-electron chi connectivity index (χ1n) is 5.31. The van der Waals surface area contributed by atoms with Gasteiger partial charge in [-0.15, -0.1) is 0 Å². The summed E-state index contributed by atoms with van der Waals surface area (Å²) in [6, 6.07) is 5.55. The Morgan fingerprint density at radius 3 is 2.71 bits per heavy atom. The average Bonchev–Trinajstić information content (AvgIpc) is 2.57. The zero-order valence-corrected chi connectivity index (χ0v) is 10.5. The number of hydrogen-bond acceptors (Lipinski definition) is 2. The minimum Gasteiger partial charge on any atom is -0.326 e. The largest absolute Gasteiger partial charge is 0.326 e. The summed E-state index contributed by atoms with van der Waals surface area (Å²) < 4.78 is 1.73. The first kappa shape index (κ1) is 12.0. The minimum atomic E-state index is -0.149. The molecule has 1 aromatic heterocycles. The third kappa shape index (κ3) is 2.01. The lowest BCUT2D eigenvalue weighted by molar-refractivity contribution is 0.827. The van der Waals surface area contributed by atoms with Gasteiger partial charge in [-0.3, -0.25) is 14.6 Å². The molecule has 0 saturated heterocycles. The minimum absolute atomic E-state index is 0.149. The molecular weight excluding hydrogens is 238 g/mol. The van der Waals surface area contributed by atoms with Crippen LogP contribution in [0.15, 0.2) is 23.0 Å². The number of rotatable bonds is 2. The van der Waals surface area contributed by atoms with Gasteiger partial charge in [0.05, 0.1) is 11.3 Å². The molecule has 2 rings (SSSR count). The van der Waals surface area contributed by atoms with E-state index in [9.17, 15) is 4.79 Å². The van der Waals surface area contributed by atoms with E-state index in [0.29, 0.717) is 10.6 Å². The molecule has 90 valence electrons. The summed E-state index contributed by atoms with van der Waals surface area (Å²) in [5, 5.41) is 3.40. The van der Waals surface area contributed by atoms with Gasteiger partial charge < -0.3 is 5.73 Å². The molecule has 0 fully saturated rings. The number of nitrogens with one attached hydrogen (secondary N) is 1. The van der Waals surface area contributed by atoms with Crippen molar-refractivity contribution in [2.45, 2.75) is 20.4 Å². The molecule has 5 heteroatoms. The Balaban J connectivity index is 2.69. The highest BCUT2D eigenvalue weighted by Crippen LogP contribution is 2.20. The highest BCUT2D eigenvalue weighted by atomic mass is 35.5. The summed E-state index contributed by atoms with van der Waals surface area (Å²) in [5.74, 6) is 0. The molecule has 17 heavy (non-hydrogen) atoms. The average molecular weight is 252 g/mol. The molecule has 0 aliphatic carbocycles. The fourth-order valence-corrected chi connectivity index (χ4v) is 2.02. The van der Waals surface area contributed by atoms with Gasteiger partial charge >= 0.3 is 0 Å². The molecule has 2 aromatic rings. The van der Waals surface area contributed by atoms with E-state index < -0.39 is 0 Å². The predicted octanol–water partition coefficient (Wildman–Crippen LogP) is 1.89. The van der Waals surface area contributed by atoms with Crippen LogP contribution in [0.3, 0.4) is 0 Å². The highest BCUT2D eigenvalue weighted by Gasteiger charge is 2.12. The van der Waals surface area contributed by atoms with E-state index in [-0.39, 0.29) is 12.1 Å². The van der Waals surface area contributed by atoms with Crippen molar-refractivity contribution in [1.29, 1.82) is 0 Å². The number of halogens is 1. The first-order valence-corrected chi connectivity index (χ1v) is 5.69. The molecule has 1 aromatic carbocycles. The lowest BCUT2D eigenvalue weighted by atomic mass is 10.2.